The van der Waals surface area contributed by atoms with Crippen molar-refractivity contribution in [1.82, 2.24) is 4.90 Å². The third-order valence-electron chi connectivity index (χ3n) is 5.22. The van der Waals surface area contributed by atoms with Crippen LogP contribution in [0.4, 0.5) is 4.79 Å². The van der Waals surface area contributed by atoms with E-state index < -0.39 is 5.60 Å². The van der Waals surface area contributed by atoms with E-state index in [1.165, 1.54) is 5.57 Å². The van der Waals surface area contributed by atoms with Crippen LogP contribution < -0.4 is 0 Å². The van der Waals surface area contributed by atoms with E-state index in [-0.39, 0.29) is 22.7 Å². The first-order valence-corrected chi connectivity index (χ1v) is 10.2. The zero-order chi connectivity index (χ0) is 21.8. The number of rotatable bonds is 1. The summed E-state index contributed by atoms with van der Waals surface area (Å²) < 4.78 is 5.77. The molecule has 1 heterocycles. The fraction of sp³-hybridized carbons (Fsp3) is 0.480. The Morgan fingerprint density at radius 2 is 1.72 bits per heavy atom. The van der Waals surface area contributed by atoms with Gasteiger partial charge < -0.3 is 9.84 Å². The molecule has 3 rings (SSSR count). The van der Waals surface area contributed by atoms with Gasteiger partial charge in [-0.3, -0.25) is 4.90 Å². The van der Waals surface area contributed by atoms with Gasteiger partial charge in [-0.1, -0.05) is 58.9 Å². The quantitative estimate of drug-likeness (QED) is 0.593. The normalized spacial score (nSPS) is 17.2. The smallest absolute Gasteiger partial charge is 0.414 e. The van der Waals surface area contributed by atoms with E-state index >= 15 is 0 Å². The summed E-state index contributed by atoms with van der Waals surface area (Å²) in [6.45, 7) is 17.2. The van der Waals surface area contributed by atoms with Gasteiger partial charge in [-0.2, -0.15) is 0 Å². The Kier molecular flexibility index (Phi) is 4.97. The molecule has 2 aromatic rings. The van der Waals surface area contributed by atoms with Crippen molar-refractivity contribution in [2.75, 3.05) is 6.54 Å². The lowest BCUT2D eigenvalue weighted by atomic mass is 9.71. The molecule has 4 nitrogen and oxygen atoms in total. The minimum atomic E-state index is -0.568. The average Bonchev–Trinajstić information content (AvgIpc) is 2.84. The summed E-state index contributed by atoms with van der Waals surface area (Å²) >= 11 is 0. The van der Waals surface area contributed by atoms with E-state index in [2.05, 4.69) is 40.7 Å². The molecule has 0 radical (unpaired) electrons. The number of aromatic hydroxyl groups is 1. The van der Waals surface area contributed by atoms with Crippen LogP contribution >= 0.6 is 0 Å². The molecule has 1 aliphatic rings. The number of amides is 1. The maximum Gasteiger partial charge on any atom is 0.414 e. The maximum atomic E-state index is 13.2. The lowest BCUT2D eigenvalue weighted by molar-refractivity contribution is 0.0338. The molecule has 4 heteroatoms. The van der Waals surface area contributed by atoms with Crippen LogP contribution in [0.5, 0.6) is 5.75 Å². The van der Waals surface area contributed by atoms with Gasteiger partial charge in [0.05, 0.1) is 5.70 Å². The third kappa shape index (κ3) is 4.12. The summed E-state index contributed by atoms with van der Waals surface area (Å²) in [5.41, 5.74) is 2.26. The number of phenols is 1. The molecule has 29 heavy (non-hydrogen) atoms. The van der Waals surface area contributed by atoms with Crippen LogP contribution in [0.1, 0.15) is 61.0 Å². The van der Waals surface area contributed by atoms with Crippen molar-refractivity contribution in [3.8, 4) is 5.75 Å². The van der Waals surface area contributed by atoms with Crippen molar-refractivity contribution in [3.05, 3.63) is 47.5 Å². The molecule has 0 bridgehead atoms. The van der Waals surface area contributed by atoms with Crippen molar-refractivity contribution >= 4 is 22.6 Å². The summed E-state index contributed by atoms with van der Waals surface area (Å²) in [6.07, 6.45) is -0.324. The predicted molar refractivity (Wildman–Crippen MR) is 119 cm³/mol. The van der Waals surface area contributed by atoms with E-state index in [1.807, 2.05) is 39.0 Å². The van der Waals surface area contributed by atoms with Gasteiger partial charge in [0.25, 0.3) is 0 Å². The summed E-state index contributed by atoms with van der Waals surface area (Å²) in [5, 5.41) is 11.9. The molecule has 0 saturated carbocycles. The molecule has 0 aromatic heterocycles. The Balaban J connectivity index is 2.30. The van der Waals surface area contributed by atoms with Crippen LogP contribution in [0.3, 0.4) is 0 Å². The second kappa shape index (κ2) is 6.79. The number of phenolic OH excluding ortho intramolecular Hbond substituents is 1. The molecule has 0 unspecified atom stereocenters. The van der Waals surface area contributed by atoms with Crippen molar-refractivity contribution in [1.29, 1.82) is 0 Å². The first-order valence-electron chi connectivity index (χ1n) is 10.2. The van der Waals surface area contributed by atoms with Gasteiger partial charge in [-0.05, 0) is 54.7 Å². The summed E-state index contributed by atoms with van der Waals surface area (Å²) in [6, 6.07) is 11.4. The van der Waals surface area contributed by atoms with E-state index in [1.54, 1.807) is 17.0 Å². The highest BCUT2D eigenvalue weighted by Crippen LogP contribution is 2.52. The average molecular weight is 396 g/mol. The SMILES string of the molecule is CC(C)(C)OC(=O)N1CC(C)(C)C(C(C)(C)C)=C1c1cccc2cc(O)ccc12. The molecular formula is C25H33NO3. The van der Waals surface area contributed by atoms with E-state index in [0.29, 0.717) is 6.54 Å². The number of hydrogen-bond donors (Lipinski definition) is 1. The molecule has 0 fully saturated rings. The Bertz CT molecular complexity index is 987. The largest absolute Gasteiger partial charge is 0.508 e. The van der Waals surface area contributed by atoms with Gasteiger partial charge in [0, 0.05) is 17.5 Å². The molecule has 0 atom stereocenters. The summed E-state index contributed by atoms with van der Waals surface area (Å²) in [4.78, 5) is 15.0. The lowest BCUT2D eigenvalue weighted by Gasteiger charge is -2.32. The topological polar surface area (TPSA) is 49.8 Å². The highest BCUT2D eigenvalue weighted by Gasteiger charge is 2.46. The second-order valence-electron chi connectivity index (χ2n) is 10.6. The van der Waals surface area contributed by atoms with Crippen LogP contribution in [0.25, 0.3) is 16.5 Å². The molecule has 0 saturated heterocycles. The van der Waals surface area contributed by atoms with Crippen molar-refractivity contribution in [2.45, 2.75) is 61.0 Å². The molecule has 0 aliphatic carbocycles. The van der Waals surface area contributed by atoms with Gasteiger partial charge in [0.15, 0.2) is 0 Å². The van der Waals surface area contributed by atoms with Crippen molar-refractivity contribution < 1.29 is 14.6 Å². The Morgan fingerprint density at radius 1 is 1.07 bits per heavy atom. The first-order chi connectivity index (χ1) is 13.2. The number of carbonyl (C=O) groups is 1. The summed E-state index contributed by atoms with van der Waals surface area (Å²) in [7, 11) is 0. The fourth-order valence-corrected chi connectivity index (χ4v) is 4.61. The Morgan fingerprint density at radius 3 is 2.31 bits per heavy atom. The van der Waals surface area contributed by atoms with Gasteiger partial charge in [0.1, 0.15) is 11.4 Å². The zero-order valence-corrected chi connectivity index (χ0v) is 18.9. The van der Waals surface area contributed by atoms with Gasteiger partial charge in [-0.25, -0.2) is 4.79 Å². The second-order valence-corrected chi connectivity index (χ2v) is 10.6. The van der Waals surface area contributed by atoms with Crippen LogP contribution in [-0.2, 0) is 4.74 Å². The number of fused-ring (bicyclic) bond motifs is 1. The number of nitrogens with zero attached hydrogens (tertiary/aromatic N) is 1. The minimum Gasteiger partial charge on any atom is -0.508 e. The van der Waals surface area contributed by atoms with Crippen molar-refractivity contribution in [3.63, 3.8) is 0 Å². The highest BCUT2D eigenvalue weighted by atomic mass is 16.6. The minimum absolute atomic E-state index is 0.130. The molecule has 2 aromatic carbocycles. The van der Waals surface area contributed by atoms with Gasteiger partial charge in [0.2, 0.25) is 0 Å². The predicted octanol–water partition coefficient (Wildman–Crippen LogP) is 6.58. The molecule has 156 valence electrons. The third-order valence-corrected chi connectivity index (χ3v) is 5.22. The van der Waals surface area contributed by atoms with Crippen LogP contribution in [-0.4, -0.2) is 28.2 Å². The maximum absolute atomic E-state index is 13.2. The number of carbonyl (C=O) groups excluding carboxylic acids is 1. The van der Waals surface area contributed by atoms with Crippen molar-refractivity contribution in [2.24, 2.45) is 10.8 Å². The molecule has 1 aliphatic heterocycles. The molecule has 0 spiro atoms. The lowest BCUT2D eigenvalue weighted by Crippen LogP contribution is -2.36. The zero-order valence-electron chi connectivity index (χ0n) is 18.9. The monoisotopic (exact) mass is 395 g/mol. The number of ether oxygens (including phenoxy) is 1. The van der Waals surface area contributed by atoms with Crippen LogP contribution in [0.2, 0.25) is 0 Å². The molecule has 1 amide bonds. The Labute approximate surface area is 174 Å². The van der Waals surface area contributed by atoms with E-state index in [9.17, 15) is 9.90 Å². The number of hydrogen-bond acceptors (Lipinski definition) is 3. The summed E-state index contributed by atoms with van der Waals surface area (Å²) in [5.74, 6) is 0.232. The van der Waals surface area contributed by atoms with E-state index in [0.717, 1.165) is 22.0 Å². The molecule has 1 N–H and O–H groups in total. The van der Waals surface area contributed by atoms with Gasteiger partial charge in [-0.15, -0.1) is 0 Å². The fourth-order valence-electron chi connectivity index (χ4n) is 4.61. The standard InChI is InChI=1S/C25H33NO3/c1-23(2,3)21-20(19-11-9-10-16-14-17(27)12-13-18(16)19)26(15-25(21,7)8)22(28)29-24(4,5)6/h9-14,27H,15H2,1-8H3. The van der Waals surface area contributed by atoms with Crippen LogP contribution in [0, 0.1) is 10.8 Å². The highest BCUT2D eigenvalue weighted by molar-refractivity contribution is 5.98. The molecular weight excluding hydrogens is 362 g/mol. The van der Waals surface area contributed by atoms with Crippen LogP contribution in [0.15, 0.2) is 42.0 Å². The van der Waals surface area contributed by atoms with Gasteiger partial charge >= 0.3 is 6.09 Å². The van der Waals surface area contributed by atoms with E-state index in [4.69, 9.17) is 4.74 Å². The first kappa shape index (κ1) is 21.2. The number of benzene rings is 2. The Hall–Kier alpha value is -2.49.